The Morgan fingerprint density at radius 3 is 2.82 bits per heavy atom. The molecular formula is C20H20N4O2S2. The maximum atomic E-state index is 12.8. The van der Waals surface area contributed by atoms with Crippen LogP contribution >= 0.6 is 22.7 Å². The number of para-hydroxylation sites is 1. The summed E-state index contributed by atoms with van der Waals surface area (Å²) in [6, 6.07) is 8.75. The number of carbonyl (C=O) groups excluding carboxylic acids is 2. The maximum absolute atomic E-state index is 12.8. The zero-order chi connectivity index (χ0) is 19.5. The number of thiophene rings is 1. The Morgan fingerprint density at radius 2 is 2.04 bits per heavy atom. The summed E-state index contributed by atoms with van der Waals surface area (Å²) in [5.41, 5.74) is 2.54. The number of benzene rings is 1. The molecule has 1 aliphatic rings. The highest BCUT2D eigenvalue weighted by atomic mass is 32.1. The Labute approximate surface area is 171 Å². The third-order valence-corrected chi connectivity index (χ3v) is 6.36. The number of carbonyl (C=O) groups is 2. The number of hydrogen-bond acceptors (Lipinski definition) is 6. The molecule has 2 amide bonds. The highest BCUT2D eigenvalue weighted by Gasteiger charge is 2.21. The van der Waals surface area contributed by atoms with Crippen molar-refractivity contribution >= 4 is 45.3 Å². The van der Waals surface area contributed by atoms with Gasteiger partial charge in [0.25, 0.3) is 11.8 Å². The van der Waals surface area contributed by atoms with Crippen LogP contribution < -0.4 is 10.6 Å². The predicted molar refractivity (Wildman–Crippen MR) is 113 cm³/mol. The van der Waals surface area contributed by atoms with Crippen molar-refractivity contribution in [3.05, 3.63) is 62.8 Å². The molecule has 0 aliphatic carbocycles. The van der Waals surface area contributed by atoms with Gasteiger partial charge in [-0.25, -0.2) is 4.98 Å². The lowest BCUT2D eigenvalue weighted by Gasteiger charge is -2.23. The minimum absolute atomic E-state index is 0.231. The van der Waals surface area contributed by atoms with Gasteiger partial charge >= 0.3 is 0 Å². The molecule has 28 heavy (non-hydrogen) atoms. The van der Waals surface area contributed by atoms with Gasteiger partial charge in [-0.2, -0.15) is 11.3 Å². The molecule has 2 N–H and O–H groups in total. The second kappa shape index (κ2) is 8.22. The molecule has 0 fully saturated rings. The molecule has 0 bridgehead atoms. The first-order valence-corrected chi connectivity index (χ1v) is 10.8. The van der Waals surface area contributed by atoms with E-state index in [0.29, 0.717) is 21.9 Å². The van der Waals surface area contributed by atoms with E-state index < -0.39 is 0 Å². The summed E-state index contributed by atoms with van der Waals surface area (Å²) >= 11 is 2.98. The Bertz CT molecular complexity index is 998. The molecule has 2 aromatic heterocycles. The van der Waals surface area contributed by atoms with Crippen LogP contribution in [0, 0.1) is 0 Å². The topological polar surface area (TPSA) is 74.3 Å². The molecule has 0 radical (unpaired) electrons. The monoisotopic (exact) mass is 412 g/mol. The lowest BCUT2D eigenvalue weighted by atomic mass is 10.1. The van der Waals surface area contributed by atoms with E-state index >= 15 is 0 Å². The van der Waals surface area contributed by atoms with Gasteiger partial charge in [0, 0.05) is 29.8 Å². The summed E-state index contributed by atoms with van der Waals surface area (Å²) in [4.78, 5) is 33.3. The number of anilines is 2. The molecular weight excluding hydrogens is 392 g/mol. The summed E-state index contributed by atoms with van der Waals surface area (Å²) in [6.45, 7) is 5.04. The van der Waals surface area contributed by atoms with Gasteiger partial charge in [-0.1, -0.05) is 19.1 Å². The molecule has 6 nitrogen and oxygen atoms in total. The van der Waals surface area contributed by atoms with Crippen molar-refractivity contribution < 1.29 is 9.59 Å². The van der Waals surface area contributed by atoms with Gasteiger partial charge in [-0.3, -0.25) is 19.8 Å². The summed E-state index contributed by atoms with van der Waals surface area (Å²) < 4.78 is 0. The van der Waals surface area contributed by atoms with Crippen molar-refractivity contribution in [3.63, 3.8) is 0 Å². The zero-order valence-electron chi connectivity index (χ0n) is 15.4. The van der Waals surface area contributed by atoms with Crippen molar-refractivity contribution in [1.29, 1.82) is 0 Å². The quantitative estimate of drug-likeness (QED) is 0.662. The Morgan fingerprint density at radius 1 is 1.18 bits per heavy atom. The van der Waals surface area contributed by atoms with Crippen LogP contribution in [0.1, 0.15) is 38.2 Å². The fourth-order valence-electron chi connectivity index (χ4n) is 3.11. The molecule has 4 rings (SSSR count). The fraction of sp³-hybridized carbons (Fsp3) is 0.250. The van der Waals surface area contributed by atoms with Gasteiger partial charge in [0.1, 0.15) is 0 Å². The Balaban J connectivity index is 1.50. The maximum Gasteiger partial charge on any atom is 0.259 e. The minimum Gasteiger partial charge on any atom is -0.321 e. The van der Waals surface area contributed by atoms with E-state index in [-0.39, 0.29) is 11.8 Å². The third-order valence-electron chi connectivity index (χ3n) is 4.68. The van der Waals surface area contributed by atoms with E-state index in [4.69, 9.17) is 0 Å². The van der Waals surface area contributed by atoms with Gasteiger partial charge in [0.2, 0.25) is 0 Å². The largest absolute Gasteiger partial charge is 0.321 e. The number of nitrogens with one attached hydrogen (secondary N) is 2. The van der Waals surface area contributed by atoms with Crippen molar-refractivity contribution in [2.45, 2.75) is 19.9 Å². The number of aromatic nitrogens is 1. The summed E-state index contributed by atoms with van der Waals surface area (Å²) in [5.74, 6) is -0.509. The molecule has 3 aromatic rings. The van der Waals surface area contributed by atoms with Crippen molar-refractivity contribution in [3.8, 4) is 0 Å². The Hall–Kier alpha value is -2.55. The standard InChI is InChI=1S/C20H20N4O2S2/c1-2-24-9-7-16-17(11-24)28-20(22-16)23-19(26)14-5-3-4-6-15(14)21-18(25)13-8-10-27-12-13/h3-6,8,10,12H,2,7,9,11H2,1H3,(H,21,25)(H,22,23,26). The summed E-state index contributed by atoms with van der Waals surface area (Å²) in [6.07, 6.45) is 0.906. The zero-order valence-corrected chi connectivity index (χ0v) is 17.0. The van der Waals surface area contributed by atoms with E-state index in [1.807, 2.05) is 5.38 Å². The highest BCUT2D eigenvalue weighted by Crippen LogP contribution is 2.29. The van der Waals surface area contributed by atoms with Crippen molar-refractivity contribution in [2.24, 2.45) is 0 Å². The lowest BCUT2D eigenvalue weighted by Crippen LogP contribution is -2.29. The number of likely N-dealkylation sites (N-methyl/N-ethyl adjacent to an activating group) is 1. The summed E-state index contributed by atoms with van der Waals surface area (Å²) in [5, 5.41) is 9.95. The minimum atomic E-state index is -0.278. The van der Waals surface area contributed by atoms with Crippen LogP contribution in [0.4, 0.5) is 10.8 Å². The SMILES string of the molecule is CCN1CCc2nc(NC(=O)c3ccccc3NC(=O)c3ccsc3)sc2C1. The number of thiazole rings is 1. The van der Waals surface area contributed by atoms with Gasteiger partial charge in [-0.05, 0) is 30.1 Å². The van der Waals surface area contributed by atoms with Crippen LogP contribution in [0.25, 0.3) is 0 Å². The van der Waals surface area contributed by atoms with Crippen LogP contribution in [-0.2, 0) is 13.0 Å². The van der Waals surface area contributed by atoms with Gasteiger partial charge in [0.15, 0.2) is 5.13 Å². The second-order valence-corrected chi connectivity index (χ2v) is 8.34. The molecule has 8 heteroatoms. The molecule has 1 aliphatic heterocycles. The smallest absolute Gasteiger partial charge is 0.259 e. The highest BCUT2D eigenvalue weighted by molar-refractivity contribution is 7.15. The number of hydrogen-bond donors (Lipinski definition) is 2. The molecule has 0 atom stereocenters. The second-order valence-electron chi connectivity index (χ2n) is 6.47. The van der Waals surface area contributed by atoms with Crippen molar-refractivity contribution in [2.75, 3.05) is 23.7 Å². The van der Waals surface area contributed by atoms with Crippen molar-refractivity contribution in [1.82, 2.24) is 9.88 Å². The molecule has 0 saturated heterocycles. The number of amides is 2. The molecule has 0 saturated carbocycles. The lowest BCUT2D eigenvalue weighted by molar-refractivity contribution is 0.102. The summed E-state index contributed by atoms with van der Waals surface area (Å²) in [7, 11) is 0. The first-order chi connectivity index (χ1) is 13.6. The average molecular weight is 413 g/mol. The fourth-order valence-corrected chi connectivity index (χ4v) is 4.80. The molecule has 144 valence electrons. The van der Waals surface area contributed by atoms with E-state index in [0.717, 1.165) is 31.7 Å². The van der Waals surface area contributed by atoms with Crippen LogP contribution in [0.15, 0.2) is 41.1 Å². The third kappa shape index (κ3) is 3.99. The number of rotatable bonds is 5. The normalized spacial score (nSPS) is 13.8. The van der Waals surface area contributed by atoms with E-state index in [1.165, 1.54) is 27.6 Å². The van der Waals surface area contributed by atoms with Gasteiger partial charge in [0.05, 0.1) is 22.5 Å². The van der Waals surface area contributed by atoms with Crippen LogP contribution in [0.2, 0.25) is 0 Å². The van der Waals surface area contributed by atoms with E-state index in [2.05, 4.69) is 27.4 Å². The molecule has 1 aromatic carbocycles. The molecule has 3 heterocycles. The average Bonchev–Trinajstić information content (AvgIpc) is 3.37. The number of fused-ring (bicyclic) bond motifs is 1. The van der Waals surface area contributed by atoms with Crippen LogP contribution in [0.3, 0.4) is 0 Å². The molecule has 0 spiro atoms. The van der Waals surface area contributed by atoms with Gasteiger partial charge < -0.3 is 5.32 Å². The first kappa shape index (κ1) is 18.8. The predicted octanol–water partition coefficient (Wildman–Crippen LogP) is 4.09. The van der Waals surface area contributed by atoms with Crippen LogP contribution in [-0.4, -0.2) is 34.8 Å². The first-order valence-electron chi connectivity index (χ1n) is 9.09. The van der Waals surface area contributed by atoms with Gasteiger partial charge in [-0.15, -0.1) is 11.3 Å². The van der Waals surface area contributed by atoms with E-state index in [9.17, 15) is 9.59 Å². The Kier molecular flexibility index (Phi) is 5.52. The van der Waals surface area contributed by atoms with E-state index in [1.54, 1.807) is 35.7 Å². The van der Waals surface area contributed by atoms with Crippen LogP contribution in [0.5, 0.6) is 0 Å². The molecule has 0 unspecified atom stereocenters. The number of nitrogens with zero attached hydrogens (tertiary/aromatic N) is 2.